The van der Waals surface area contributed by atoms with Crippen LogP contribution in [0.15, 0.2) is 22.8 Å². The van der Waals surface area contributed by atoms with Crippen molar-refractivity contribution >= 4 is 5.78 Å². The van der Waals surface area contributed by atoms with E-state index in [4.69, 9.17) is 4.74 Å². The molecule has 30 heavy (non-hydrogen) atoms. The second-order valence-corrected chi connectivity index (χ2v) is 12.0. The number of ether oxygens (including phenoxy) is 1. The standard InChI is InChI=1S/C27H39NO2/c1-15-11-24-25(28-14-15)17(3)27(30-24)10-8-20-21-6-5-18-12-19(29)7-9-26(18,4)23(21)13-22(20)16(27)2/h12,15,17,20-21,23-25,28H,5-11,13-14H2,1-4H3/t15-,17+,20-,21?,23-,24+,25-,26-,27-/m0/s1. The fourth-order valence-corrected chi connectivity index (χ4v) is 9.00. The third kappa shape index (κ3) is 2.48. The molecule has 2 aliphatic heterocycles. The van der Waals surface area contributed by atoms with Crippen LogP contribution in [0, 0.1) is 35.0 Å². The fourth-order valence-electron chi connectivity index (χ4n) is 9.00. The van der Waals surface area contributed by atoms with Gasteiger partial charge in [0, 0.05) is 18.4 Å². The van der Waals surface area contributed by atoms with Gasteiger partial charge in [0.25, 0.3) is 0 Å². The van der Waals surface area contributed by atoms with Crippen molar-refractivity contribution < 1.29 is 9.53 Å². The normalized spacial score (nSPS) is 52.6. The minimum Gasteiger partial charge on any atom is -0.365 e. The highest BCUT2D eigenvalue weighted by molar-refractivity contribution is 5.91. The van der Waals surface area contributed by atoms with Crippen molar-refractivity contribution in [2.75, 3.05) is 6.54 Å². The highest BCUT2D eigenvalue weighted by atomic mass is 16.5. The number of ketones is 1. The molecule has 3 heteroatoms. The smallest absolute Gasteiger partial charge is 0.155 e. The molecule has 1 N–H and O–H groups in total. The van der Waals surface area contributed by atoms with Crippen LogP contribution in [-0.4, -0.2) is 30.1 Å². The van der Waals surface area contributed by atoms with E-state index >= 15 is 0 Å². The summed E-state index contributed by atoms with van der Waals surface area (Å²) in [5.41, 5.74) is 5.05. The van der Waals surface area contributed by atoms with Crippen molar-refractivity contribution in [3.63, 3.8) is 0 Å². The first-order valence-electron chi connectivity index (χ1n) is 12.7. The number of carbonyl (C=O) groups is 1. The minimum atomic E-state index is -0.0339. The maximum atomic E-state index is 12.1. The van der Waals surface area contributed by atoms with Crippen LogP contribution in [0.4, 0.5) is 0 Å². The summed E-state index contributed by atoms with van der Waals surface area (Å²) in [6, 6.07) is 0.522. The van der Waals surface area contributed by atoms with E-state index in [0.717, 1.165) is 43.6 Å². The Morgan fingerprint density at radius 2 is 2.00 bits per heavy atom. The lowest BCUT2D eigenvalue weighted by molar-refractivity contribution is -0.116. The number of hydrogen-bond acceptors (Lipinski definition) is 3. The molecule has 1 spiro atoms. The van der Waals surface area contributed by atoms with Crippen molar-refractivity contribution in [2.24, 2.45) is 35.0 Å². The zero-order chi connectivity index (χ0) is 20.8. The molecule has 2 heterocycles. The Morgan fingerprint density at radius 3 is 2.83 bits per heavy atom. The average Bonchev–Trinajstić information content (AvgIpc) is 3.23. The van der Waals surface area contributed by atoms with Crippen LogP contribution in [0.25, 0.3) is 0 Å². The Hall–Kier alpha value is -0.930. The van der Waals surface area contributed by atoms with Gasteiger partial charge in [-0.05, 0) is 99.1 Å². The van der Waals surface area contributed by atoms with Crippen molar-refractivity contribution in [3.05, 3.63) is 22.8 Å². The molecule has 2 saturated carbocycles. The van der Waals surface area contributed by atoms with Crippen LogP contribution in [0.2, 0.25) is 0 Å². The zero-order valence-electron chi connectivity index (χ0n) is 19.3. The van der Waals surface area contributed by atoms with Crippen LogP contribution in [-0.2, 0) is 9.53 Å². The molecule has 6 rings (SSSR count). The van der Waals surface area contributed by atoms with E-state index in [-0.39, 0.29) is 11.0 Å². The van der Waals surface area contributed by atoms with Crippen LogP contribution in [0.1, 0.15) is 79.1 Å². The van der Waals surface area contributed by atoms with Crippen LogP contribution in [0.5, 0.6) is 0 Å². The first kappa shape index (κ1) is 19.7. The third-order valence-electron chi connectivity index (χ3n) is 10.8. The Bertz CT molecular complexity index is 842. The monoisotopic (exact) mass is 409 g/mol. The van der Waals surface area contributed by atoms with Gasteiger partial charge in [-0.1, -0.05) is 31.9 Å². The van der Waals surface area contributed by atoms with E-state index in [1.54, 1.807) is 11.1 Å². The van der Waals surface area contributed by atoms with Gasteiger partial charge in [-0.25, -0.2) is 0 Å². The second kappa shape index (κ2) is 6.54. The predicted molar refractivity (Wildman–Crippen MR) is 119 cm³/mol. The summed E-state index contributed by atoms with van der Waals surface area (Å²) >= 11 is 0. The molecule has 4 aliphatic carbocycles. The van der Waals surface area contributed by atoms with Gasteiger partial charge in [-0.15, -0.1) is 0 Å². The quantitative estimate of drug-likeness (QED) is 0.558. The first-order valence-corrected chi connectivity index (χ1v) is 12.7. The van der Waals surface area contributed by atoms with Gasteiger partial charge in [0.2, 0.25) is 0 Å². The van der Waals surface area contributed by atoms with E-state index in [1.165, 1.54) is 37.7 Å². The summed E-state index contributed by atoms with van der Waals surface area (Å²) < 4.78 is 7.02. The summed E-state index contributed by atoms with van der Waals surface area (Å²) in [4.78, 5) is 12.1. The van der Waals surface area contributed by atoms with Gasteiger partial charge in [-0.3, -0.25) is 4.79 Å². The molecule has 0 amide bonds. The number of allylic oxidation sites excluding steroid dienone is 3. The van der Waals surface area contributed by atoms with Gasteiger partial charge in [-0.2, -0.15) is 0 Å². The highest BCUT2D eigenvalue weighted by Gasteiger charge is 2.60. The van der Waals surface area contributed by atoms with E-state index in [0.29, 0.717) is 29.8 Å². The number of fused-ring (bicyclic) bond motifs is 6. The number of rotatable bonds is 0. The summed E-state index contributed by atoms with van der Waals surface area (Å²) in [5, 5.41) is 3.84. The van der Waals surface area contributed by atoms with Gasteiger partial charge >= 0.3 is 0 Å². The number of carbonyl (C=O) groups excluding carboxylic acids is 1. The Labute approximate surface area is 182 Å². The van der Waals surface area contributed by atoms with Gasteiger partial charge in [0.05, 0.1) is 11.7 Å². The summed E-state index contributed by atoms with van der Waals surface area (Å²) in [5.74, 6) is 3.95. The number of nitrogens with one attached hydrogen (secondary N) is 1. The molecule has 2 saturated heterocycles. The maximum absolute atomic E-state index is 12.1. The van der Waals surface area contributed by atoms with Crippen LogP contribution in [0.3, 0.4) is 0 Å². The molecule has 3 nitrogen and oxygen atoms in total. The van der Waals surface area contributed by atoms with E-state index < -0.39 is 0 Å². The lowest BCUT2D eigenvalue weighted by Gasteiger charge is -2.48. The van der Waals surface area contributed by atoms with Gasteiger partial charge in [0.15, 0.2) is 5.78 Å². The molecule has 0 aromatic heterocycles. The highest BCUT2D eigenvalue weighted by Crippen LogP contribution is 2.65. The SMILES string of the molecule is CC1=C2C[C@H]3C(CCC4=CC(=O)CC[C@@]43C)[C@@H]2CC[C@]12O[C@@H]1C[C@H](C)CN[C@H]1[C@H]2C. The third-order valence-corrected chi connectivity index (χ3v) is 10.8. The summed E-state index contributed by atoms with van der Waals surface area (Å²) in [7, 11) is 0. The predicted octanol–water partition coefficient (Wildman–Crippen LogP) is 5.21. The lowest BCUT2D eigenvalue weighted by Crippen LogP contribution is -2.49. The number of piperidine rings is 1. The molecular weight excluding hydrogens is 370 g/mol. The molecule has 0 radical (unpaired) electrons. The van der Waals surface area contributed by atoms with E-state index in [2.05, 4.69) is 33.0 Å². The van der Waals surface area contributed by atoms with Crippen LogP contribution < -0.4 is 5.32 Å². The lowest BCUT2D eigenvalue weighted by atomic mass is 9.56. The molecule has 1 unspecified atom stereocenters. The molecule has 0 aromatic carbocycles. The Balaban J connectivity index is 1.36. The second-order valence-electron chi connectivity index (χ2n) is 12.0. The average molecular weight is 410 g/mol. The van der Waals surface area contributed by atoms with Gasteiger partial charge < -0.3 is 10.1 Å². The zero-order valence-corrected chi connectivity index (χ0v) is 19.3. The van der Waals surface area contributed by atoms with Crippen molar-refractivity contribution in [1.29, 1.82) is 0 Å². The Kier molecular flexibility index (Phi) is 4.30. The minimum absolute atomic E-state index is 0.0339. The molecule has 6 aliphatic rings. The topological polar surface area (TPSA) is 38.3 Å². The van der Waals surface area contributed by atoms with Crippen molar-refractivity contribution in [1.82, 2.24) is 5.32 Å². The maximum Gasteiger partial charge on any atom is 0.155 e. The summed E-state index contributed by atoms with van der Waals surface area (Å²) in [6.07, 6.45) is 11.7. The first-order chi connectivity index (χ1) is 14.3. The number of hydrogen-bond donors (Lipinski definition) is 1. The van der Waals surface area contributed by atoms with Gasteiger partial charge in [0.1, 0.15) is 0 Å². The fraction of sp³-hybridized carbons (Fsp3) is 0.815. The summed E-state index contributed by atoms with van der Waals surface area (Å²) in [6.45, 7) is 10.9. The molecular formula is C27H39NO2. The molecule has 0 bridgehead atoms. The van der Waals surface area contributed by atoms with Crippen molar-refractivity contribution in [2.45, 2.75) is 96.8 Å². The Morgan fingerprint density at radius 1 is 1.17 bits per heavy atom. The largest absolute Gasteiger partial charge is 0.365 e. The molecule has 164 valence electrons. The van der Waals surface area contributed by atoms with E-state index in [1.807, 2.05) is 6.08 Å². The van der Waals surface area contributed by atoms with Crippen LogP contribution >= 0.6 is 0 Å². The molecule has 9 atom stereocenters. The molecule has 0 aromatic rings. The van der Waals surface area contributed by atoms with Crippen molar-refractivity contribution in [3.8, 4) is 0 Å². The van der Waals surface area contributed by atoms with E-state index in [9.17, 15) is 4.79 Å². The molecule has 4 fully saturated rings.